The molecule has 0 amide bonds. The highest BCUT2D eigenvalue weighted by atomic mass is 16.3. The molecule has 2 aromatic rings. The van der Waals surface area contributed by atoms with E-state index in [9.17, 15) is 0 Å². The molecule has 2 N–H and O–H groups in total. The quantitative estimate of drug-likeness (QED) is 0.899. The van der Waals surface area contributed by atoms with E-state index in [-0.39, 0.29) is 0 Å². The van der Waals surface area contributed by atoms with Crippen LogP contribution >= 0.6 is 0 Å². The lowest BCUT2D eigenvalue weighted by molar-refractivity contribution is 0.525. The molecule has 2 aromatic heterocycles. The molecule has 0 saturated heterocycles. The summed E-state index contributed by atoms with van der Waals surface area (Å²) in [7, 11) is 0. The first-order valence-corrected chi connectivity index (χ1v) is 6.31. The van der Waals surface area contributed by atoms with Gasteiger partial charge in [-0.05, 0) is 24.5 Å². The predicted octanol–water partition coefficient (Wildman–Crippen LogP) is 3.08. The molecule has 0 aromatic carbocycles. The molecule has 0 aliphatic carbocycles. The number of aromatic nitrogens is 2. The largest absolute Gasteiger partial charge is 0.458 e. The van der Waals surface area contributed by atoms with E-state index < -0.39 is 0 Å². The molecule has 4 heteroatoms. The van der Waals surface area contributed by atoms with Gasteiger partial charge >= 0.3 is 0 Å². The molecule has 2 heterocycles. The Hall–Kier alpha value is -1.84. The number of nitrogen functional groups attached to an aromatic ring is 1. The molecule has 4 nitrogen and oxygen atoms in total. The number of hydrogen-bond acceptors (Lipinski definition) is 4. The van der Waals surface area contributed by atoms with Gasteiger partial charge in [-0.1, -0.05) is 20.8 Å². The first-order valence-electron chi connectivity index (χ1n) is 6.31. The van der Waals surface area contributed by atoms with E-state index in [0.29, 0.717) is 23.3 Å². The Labute approximate surface area is 107 Å². The first-order chi connectivity index (χ1) is 8.58. The van der Waals surface area contributed by atoms with Crippen molar-refractivity contribution in [1.82, 2.24) is 9.97 Å². The van der Waals surface area contributed by atoms with Crippen LogP contribution in [0.25, 0.3) is 11.6 Å². The molecule has 0 saturated carbocycles. The summed E-state index contributed by atoms with van der Waals surface area (Å²) in [6.07, 6.45) is 1.75. The van der Waals surface area contributed by atoms with Gasteiger partial charge in [0, 0.05) is 18.2 Å². The summed E-state index contributed by atoms with van der Waals surface area (Å²) < 4.78 is 5.65. The van der Waals surface area contributed by atoms with Crippen LogP contribution in [0.15, 0.2) is 22.6 Å². The van der Waals surface area contributed by atoms with Crippen molar-refractivity contribution >= 4 is 5.82 Å². The maximum absolute atomic E-state index is 5.82. The topological polar surface area (TPSA) is 64.9 Å². The van der Waals surface area contributed by atoms with Gasteiger partial charge in [-0.25, -0.2) is 9.97 Å². The second kappa shape index (κ2) is 5.21. The van der Waals surface area contributed by atoms with Crippen LogP contribution in [0.2, 0.25) is 0 Å². The van der Waals surface area contributed by atoms with Crippen LogP contribution in [0.1, 0.15) is 32.2 Å². The van der Waals surface area contributed by atoms with Gasteiger partial charge in [0.25, 0.3) is 0 Å². The van der Waals surface area contributed by atoms with Gasteiger partial charge < -0.3 is 10.2 Å². The van der Waals surface area contributed by atoms with Crippen LogP contribution in [0, 0.1) is 5.92 Å². The zero-order chi connectivity index (χ0) is 13.1. The SMILES string of the molecule is CCc1ccc(-c2nc(N)cc(CC(C)C)n2)o1. The Morgan fingerprint density at radius 1 is 1.28 bits per heavy atom. The second-order valence-electron chi connectivity index (χ2n) is 4.83. The summed E-state index contributed by atoms with van der Waals surface area (Å²) in [5.74, 6) is 3.22. The summed E-state index contributed by atoms with van der Waals surface area (Å²) in [6.45, 7) is 6.35. The summed E-state index contributed by atoms with van der Waals surface area (Å²) >= 11 is 0. The molecule has 0 atom stereocenters. The zero-order valence-corrected chi connectivity index (χ0v) is 11.1. The summed E-state index contributed by atoms with van der Waals surface area (Å²) in [5.41, 5.74) is 6.78. The molecule has 18 heavy (non-hydrogen) atoms. The average Bonchev–Trinajstić information content (AvgIpc) is 2.75. The van der Waals surface area contributed by atoms with E-state index in [1.165, 1.54) is 0 Å². The first kappa shape index (κ1) is 12.6. The fraction of sp³-hybridized carbons (Fsp3) is 0.429. The third-order valence-corrected chi connectivity index (χ3v) is 2.65. The van der Waals surface area contributed by atoms with Gasteiger partial charge in [-0.15, -0.1) is 0 Å². The molecule has 2 rings (SSSR count). The Kier molecular flexibility index (Phi) is 3.65. The molecular weight excluding hydrogens is 226 g/mol. The maximum Gasteiger partial charge on any atom is 0.197 e. The molecule has 0 bridgehead atoms. The van der Waals surface area contributed by atoms with Crippen LogP contribution in [-0.2, 0) is 12.8 Å². The van der Waals surface area contributed by atoms with Crippen molar-refractivity contribution in [2.45, 2.75) is 33.6 Å². The van der Waals surface area contributed by atoms with Gasteiger partial charge in [0.05, 0.1) is 0 Å². The Morgan fingerprint density at radius 3 is 2.67 bits per heavy atom. The Morgan fingerprint density at radius 2 is 2.06 bits per heavy atom. The number of furan rings is 1. The van der Waals surface area contributed by atoms with E-state index >= 15 is 0 Å². The Balaban J connectivity index is 2.35. The molecular formula is C14H19N3O. The normalized spacial score (nSPS) is 11.1. The molecule has 0 radical (unpaired) electrons. The van der Waals surface area contributed by atoms with Crippen LogP contribution in [0.3, 0.4) is 0 Å². The van der Waals surface area contributed by atoms with Crippen molar-refractivity contribution < 1.29 is 4.42 Å². The maximum atomic E-state index is 5.82. The van der Waals surface area contributed by atoms with Crippen molar-refractivity contribution in [3.8, 4) is 11.6 Å². The van der Waals surface area contributed by atoms with Gasteiger partial charge in [0.2, 0.25) is 0 Å². The lowest BCUT2D eigenvalue weighted by Gasteiger charge is -2.06. The minimum Gasteiger partial charge on any atom is -0.458 e. The molecule has 0 aliphatic heterocycles. The van der Waals surface area contributed by atoms with Crippen molar-refractivity contribution in [1.29, 1.82) is 0 Å². The van der Waals surface area contributed by atoms with E-state index in [0.717, 1.165) is 24.3 Å². The zero-order valence-electron chi connectivity index (χ0n) is 11.1. The number of aryl methyl sites for hydroxylation is 1. The van der Waals surface area contributed by atoms with Gasteiger partial charge in [-0.3, -0.25) is 0 Å². The molecule has 0 spiro atoms. The van der Waals surface area contributed by atoms with Crippen molar-refractivity contribution in [2.24, 2.45) is 5.92 Å². The van der Waals surface area contributed by atoms with Crippen molar-refractivity contribution in [2.75, 3.05) is 5.73 Å². The van der Waals surface area contributed by atoms with Gasteiger partial charge in [-0.2, -0.15) is 0 Å². The smallest absolute Gasteiger partial charge is 0.197 e. The highest BCUT2D eigenvalue weighted by Crippen LogP contribution is 2.21. The van der Waals surface area contributed by atoms with Crippen LogP contribution in [-0.4, -0.2) is 9.97 Å². The molecule has 0 unspecified atom stereocenters. The lowest BCUT2D eigenvalue weighted by Crippen LogP contribution is -2.03. The standard InChI is InChI=1S/C14H19N3O/c1-4-11-5-6-12(18-11)14-16-10(7-9(2)3)8-13(15)17-14/h5-6,8-9H,4,7H2,1-3H3,(H2,15,16,17). The van der Waals surface area contributed by atoms with E-state index in [2.05, 4.69) is 23.8 Å². The van der Waals surface area contributed by atoms with Crippen molar-refractivity contribution in [3.63, 3.8) is 0 Å². The number of hydrogen-bond donors (Lipinski definition) is 1. The third-order valence-electron chi connectivity index (χ3n) is 2.65. The number of anilines is 1. The summed E-state index contributed by atoms with van der Waals surface area (Å²) in [6, 6.07) is 5.67. The minimum atomic E-state index is 0.491. The Bertz CT molecular complexity index is 532. The number of rotatable bonds is 4. The molecule has 0 fully saturated rings. The van der Waals surface area contributed by atoms with E-state index in [4.69, 9.17) is 10.2 Å². The highest BCUT2D eigenvalue weighted by molar-refractivity contribution is 5.50. The van der Waals surface area contributed by atoms with Crippen LogP contribution in [0.5, 0.6) is 0 Å². The monoisotopic (exact) mass is 245 g/mol. The van der Waals surface area contributed by atoms with Crippen LogP contribution in [0.4, 0.5) is 5.82 Å². The molecule has 0 aliphatic rings. The fourth-order valence-corrected chi connectivity index (χ4v) is 1.84. The highest BCUT2D eigenvalue weighted by Gasteiger charge is 2.10. The lowest BCUT2D eigenvalue weighted by atomic mass is 10.1. The number of nitrogens with two attached hydrogens (primary N) is 1. The van der Waals surface area contributed by atoms with Crippen molar-refractivity contribution in [3.05, 3.63) is 29.7 Å². The average molecular weight is 245 g/mol. The summed E-state index contributed by atoms with van der Waals surface area (Å²) in [5, 5.41) is 0. The summed E-state index contributed by atoms with van der Waals surface area (Å²) in [4.78, 5) is 8.74. The second-order valence-corrected chi connectivity index (χ2v) is 4.83. The number of nitrogens with zero attached hydrogens (tertiary/aromatic N) is 2. The molecule has 96 valence electrons. The van der Waals surface area contributed by atoms with Crippen LogP contribution < -0.4 is 5.73 Å². The van der Waals surface area contributed by atoms with Gasteiger partial charge in [0.15, 0.2) is 11.6 Å². The van der Waals surface area contributed by atoms with E-state index in [1.54, 1.807) is 0 Å². The fourth-order valence-electron chi connectivity index (χ4n) is 1.84. The predicted molar refractivity (Wildman–Crippen MR) is 72.1 cm³/mol. The van der Waals surface area contributed by atoms with Gasteiger partial charge in [0.1, 0.15) is 11.6 Å². The minimum absolute atomic E-state index is 0.491. The van der Waals surface area contributed by atoms with E-state index in [1.807, 2.05) is 25.1 Å². The third kappa shape index (κ3) is 2.88.